The molecule has 0 unspecified atom stereocenters. The van der Waals surface area contributed by atoms with Crippen molar-refractivity contribution < 1.29 is 18.3 Å². The molecule has 0 amide bonds. The Labute approximate surface area is 112 Å². The Balaban J connectivity index is 2.10. The Bertz CT molecular complexity index is 799. The minimum absolute atomic E-state index is 0.0734. The van der Waals surface area contributed by atoms with Gasteiger partial charge in [-0.25, -0.2) is 8.78 Å². The second-order valence-electron chi connectivity index (χ2n) is 4.03. The lowest BCUT2D eigenvalue weighted by molar-refractivity contribution is 0.111. The maximum absolute atomic E-state index is 13.5. The molecule has 0 N–H and O–H groups in total. The molecule has 0 radical (unpaired) electrons. The number of carbonyl (C=O) groups excluding carboxylic acids is 1. The molecule has 20 heavy (non-hydrogen) atoms. The minimum Gasteiger partial charge on any atom is -0.434 e. The van der Waals surface area contributed by atoms with Crippen molar-refractivity contribution in [3.05, 3.63) is 59.9 Å². The monoisotopic (exact) mass is 274 g/mol. The van der Waals surface area contributed by atoms with Crippen LogP contribution in [0.25, 0.3) is 5.65 Å². The number of hydrogen-bond acceptors (Lipinski definition) is 3. The van der Waals surface area contributed by atoms with E-state index in [4.69, 9.17) is 4.74 Å². The second-order valence-corrected chi connectivity index (χ2v) is 4.03. The van der Waals surface area contributed by atoms with Gasteiger partial charge in [0.1, 0.15) is 11.5 Å². The van der Waals surface area contributed by atoms with Gasteiger partial charge in [-0.15, -0.1) is 0 Å². The van der Waals surface area contributed by atoms with E-state index in [1.165, 1.54) is 4.40 Å². The lowest BCUT2D eigenvalue weighted by Gasteiger charge is -2.04. The number of imidazole rings is 1. The first-order valence-electron chi connectivity index (χ1n) is 5.74. The van der Waals surface area contributed by atoms with Crippen LogP contribution in [-0.2, 0) is 0 Å². The average Bonchev–Trinajstić information content (AvgIpc) is 2.80. The predicted octanol–water partition coefficient (Wildman–Crippen LogP) is 3.22. The number of nitrogens with zero attached hydrogens (tertiary/aromatic N) is 2. The second kappa shape index (κ2) is 4.73. The number of carbonyl (C=O) groups is 1. The van der Waals surface area contributed by atoms with Gasteiger partial charge >= 0.3 is 0 Å². The third kappa shape index (κ3) is 2.01. The molecular weight excluding hydrogens is 266 g/mol. The van der Waals surface area contributed by atoms with Crippen LogP contribution in [0.3, 0.4) is 0 Å². The highest BCUT2D eigenvalue weighted by molar-refractivity contribution is 5.78. The minimum atomic E-state index is -0.736. The fourth-order valence-corrected chi connectivity index (χ4v) is 1.84. The van der Waals surface area contributed by atoms with Gasteiger partial charge in [-0.05, 0) is 24.3 Å². The summed E-state index contributed by atoms with van der Waals surface area (Å²) in [5, 5.41) is 0. The molecule has 2 heterocycles. The maximum atomic E-state index is 13.5. The van der Waals surface area contributed by atoms with E-state index in [1.54, 1.807) is 24.4 Å². The van der Waals surface area contributed by atoms with Crippen LogP contribution in [0.4, 0.5) is 8.78 Å². The maximum Gasteiger partial charge on any atom is 0.249 e. The van der Waals surface area contributed by atoms with Gasteiger partial charge in [0.05, 0.1) is 0 Å². The number of fused-ring (bicyclic) bond motifs is 1. The number of rotatable bonds is 3. The molecule has 0 fully saturated rings. The third-order valence-corrected chi connectivity index (χ3v) is 2.74. The molecule has 0 spiro atoms. The molecule has 1 aromatic carbocycles. The van der Waals surface area contributed by atoms with Gasteiger partial charge in [-0.1, -0.05) is 6.07 Å². The fourth-order valence-electron chi connectivity index (χ4n) is 1.84. The van der Waals surface area contributed by atoms with E-state index in [0.29, 0.717) is 11.9 Å². The summed E-state index contributed by atoms with van der Waals surface area (Å²) < 4.78 is 33.3. The van der Waals surface area contributed by atoms with Crippen LogP contribution in [0.2, 0.25) is 0 Å². The SMILES string of the molecule is O=Cc1c(Oc2cc(F)ccc2F)nc2ccccn12. The zero-order valence-corrected chi connectivity index (χ0v) is 10.1. The molecule has 100 valence electrons. The smallest absolute Gasteiger partial charge is 0.249 e. The summed E-state index contributed by atoms with van der Waals surface area (Å²) in [4.78, 5) is 15.2. The van der Waals surface area contributed by atoms with Crippen molar-refractivity contribution in [1.82, 2.24) is 9.38 Å². The van der Waals surface area contributed by atoms with E-state index in [0.717, 1.165) is 18.2 Å². The first-order chi connectivity index (χ1) is 9.69. The summed E-state index contributed by atoms with van der Waals surface area (Å²) in [6.07, 6.45) is 2.17. The largest absolute Gasteiger partial charge is 0.434 e. The van der Waals surface area contributed by atoms with Crippen molar-refractivity contribution >= 4 is 11.9 Å². The molecule has 0 aliphatic heterocycles. The molecule has 0 bridgehead atoms. The summed E-state index contributed by atoms with van der Waals surface area (Å²) in [5.41, 5.74) is 0.602. The Morgan fingerprint density at radius 3 is 2.85 bits per heavy atom. The molecule has 2 aromatic heterocycles. The lowest BCUT2D eigenvalue weighted by Crippen LogP contribution is -1.94. The molecular formula is C14H8F2N2O2. The number of aromatic nitrogens is 2. The Kier molecular flexibility index (Phi) is 2.90. The molecule has 0 saturated carbocycles. The van der Waals surface area contributed by atoms with E-state index < -0.39 is 11.6 Å². The predicted molar refractivity (Wildman–Crippen MR) is 67.0 cm³/mol. The van der Waals surface area contributed by atoms with Gasteiger partial charge in [0, 0.05) is 12.3 Å². The van der Waals surface area contributed by atoms with Crippen LogP contribution in [-0.4, -0.2) is 15.7 Å². The van der Waals surface area contributed by atoms with Crippen LogP contribution < -0.4 is 4.74 Å². The molecule has 6 heteroatoms. The van der Waals surface area contributed by atoms with E-state index in [2.05, 4.69) is 4.98 Å². The van der Waals surface area contributed by atoms with Gasteiger partial charge in [-0.3, -0.25) is 9.20 Å². The Hall–Kier alpha value is -2.76. The van der Waals surface area contributed by atoms with Crippen molar-refractivity contribution in [3.8, 4) is 11.6 Å². The first-order valence-corrected chi connectivity index (χ1v) is 5.74. The quantitative estimate of drug-likeness (QED) is 0.689. The van der Waals surface area contributed by atoms with Gasteiger partial charge in [0.2, 0.25) is 5.88 Å². The normalized spacial score (nSPS) is 10.7. The van der Waals surface area contributed by atoms with Crippen molar-refractivity contribution in [3.63, 3.8) is 0 Å². The molecule has 3 rings (SSSR count). The summed E-state index contributed by atoms with van der Waals surface area (Å²) in [7, 11) is 0. The van der Waals surface area contributed by atoms with E-state index >= 15 is 0 Å². The van der Waals surface area contributed by atoms with Gasteiger partial charge in [0.25, 0.3) is 0 Å². The molecule has 3 aromatic rings. The average molecular weight is 274 g/mol. The zero-order valence-electron chi connectivity index (χ0n) is 10.1. The highest BCUT2D eigenvalue weighted by Crippen LogP contribution is 2.27. The van der Waals surface area contributed by atoms with Crippen molar-refractivity contribution in [2.45, 2.75) is 0 Å². The van der Waals surface area contributed by atoms with Crippen LogP contribution in [0, 0.1) is 11.6 Å². The number of halogens is 2. The summed E-state index contributed by atoms with van der Waals surface area (Å²) in [6, 6.07) is 7.95. The van der Waals surface area contributed by atoms with Crippen molar-refractivity contribution in [2.75, 3.05) is 0 Å². The zero-order chi connectivity index (χ0) is 14.1. The standard InChI is InChI=1S/C14H8F2N2O2/c15-9-4-5-10(16)12(7-9)20-14-11(8-19)18-6-2-1-3-13(18)17-14/h1-8H. The molecule has 0 aliphatic carbocycles. The highest BCUT2D eigenvalue weighted by Gasteiger charge is 2.15. The van der Waals surface area contributed by atoms with E-state index in [-0.39, 0.29) is 17.3 Å². The Morgan fingerprint density at radius 2 is 2.05 bits per heavy atom. The summed E-state index contributed by atoms with van der Waals surface area (Å²) in [5.74, 6) is -1.77. The summed E-state index contributed by atoms with van der Waals surface area (Å²) in [6.45, 7) is 0. The molecule has 0 atom stereocenters. The Morgan fingerprint density at radius 1 is 1.20 bits per heavy atom. The summed E-state index contributed by atoms with van der Waals surface area (Å²) >= 11 is 0. The highest BCUT2D eigenvalue weighted by atomic mass is 19.1. The van der Waals surface area contributed by atoms with Crippen LogP contribution in [0.15, 0.2) is 42.6 Å². The molecule has 0 aliphatic rings. The van der Waals surface area contributed by atoms with Crippen molar-refractivity contribution in [2.24, 2.45) is 0 Å². The number of ether oxygens (including phenoxy) is 1. The first kappa shape index (κ1) is 12.3. The van der Waals surface area contributed by atoms with Crippen molar-refractivity contribution in [1.29, 1.82) is 0 Å². The third-order valence-electron chi connectivity index (χ3n) is 2.74. The van der Waals surface area contributed by atoms with Gasteiger partial charge in [0.15, 0.2) is 23.5 Å². The van der Waals surface area contributed by atoms with Gasteiger partial charge < -0.3 is 4.74 Å². The van der Waals surface area contributed by atoms with E-state index in [9.17, 15) is 13.6 Å². The fraction of sp³-hybridized carbons (Fsp3) is 0. The van der Waals surface area contributed by atoms with E-state index in [1.807, 2.05) is 0 Å². The topological polar surface area (TPSA) is 43.6 Å². The molecule has 4 nitrogen and oxygen atoms in total. The van der Waals surface area contributed by atoms with Crippen LogP contribution in [0.1, 0.15) is 10.5 Å². The number of hydrogen-bond donors (Lipinski definition) is 0. The number of pyridine rings is 1. The number of benzene rings is 1. The lowest BCUT2D eigenvalue weighted by atomic mass is 10.3. The van der Waals surface area contributed by atoms with Crippen LogP contribution >= 0.6 is 0 Å². The van der Waals surface area contributed by atoms with Gasteiger partial charge in [-0.2, -0.15) is 4.98 Å². The number of aldehydes is 1. The van der Waals surface area contributed by atoms with Crippen LogP contribution in [0.5, 0.6) is 11.6 Å². The molecule has 0 saturated heterocycles.